The highest BCUT2D eigenvalue weighted by Gasteiger charge is 2.07. The van der Waals surface area contributed by atoms with E-state index in [4.69, 9.17) is 0 Å². The lowest BCUT2D eigenvalue weighted by molar-refractivity contribution is 1.08. The zero-order valence-corrected chi connectivity index (χ0v) is 12.8. The molecule has 0 amide bonds. The number of pyridine rings is 1. The van der Waals surface area contributed by atoms with Crippen LogP contribution in [0.4, 0.5) is 5.82 Å². The average Bonchev–Trinajstić information content (AvgIpc) is 2.31. The Morgan fingerprint density at radius 1 is 1.17 bits per heavy atom. The van der Waals surface area contributed by atoms with E-state index >= 15 is 0 Å². The summed E-state index contributed by atoms with van der Waals surface area (Å²) in [4.78, 5) is 13.3. The molecule has 2 aromatic heterocycles. The number of hydrogen-bond donors (Lipinski definition) is 1. The first-order valence-corrected chi connectivity index (χ1v) is 6.90. The quantitative estimate of drug-likeness (QED) is 0.861. The Bertz CT molecular complexity index is 549. The Morgan fingerprint density at radius 3 is 2.44 bits per heavy atom. The molecule has 0 fully saturated rings. The van der Waals surface area contributed by atoms with Gasteiger partial charge in [0.25, 0.3) is 0 Å². The van der Waals surface area contributed by atoms with Gasteiger partial charge in [-0.2, -0.15) is 0 Å². The Balaban J connectivity index is 2.47. The highest BCUT2D eigenvalue weighted by Crippen LogP contribution is 2.21. The first kappa shape index (κ1) is 13.2. The van der Waals surface area contributed by atoms with Crippen LogP contribution in [-0.4, -0.2) is 21.5 Å². The highest BCUT2D eigenvalue weighted by molar-refractivity contribution is 14.1. The molecule has 5 heteroatoms. The molecule has 2 rings (SSSR count). The van der Waals surface area contributed by atoms with Crippen LogP contribution in [0, 0.1) is 17.4 Å². The zero-order valence-electron chi connectivity index (χ0n) is 10.7. The van der Waals surface area contributed by atoms with Crippen LogP contribution in [-0.2, 0) is 0 Å². The number of nitrogens with one attached hydrogen (secondary N) is 1. The van der Waals surface area contributed by atoms with Crippen LogP contribution >= 0.6 is 22.6 Å². The third-order valence-electron chi connectivity index (χ3n) is 2.43. The molecule has 0 radical (unpaired) electrons. The van der Waals surface area contributed by atoms with Gasteiger partial charge in [-0.25, -0.2) is 9.97 Å². The normalized spacial score (nSPS) is 10.4. The lowest BCUT2D eigenvalue weighted by Crippen LogP contribution is -2.04. The molecular formula is C13H15IN4. The van der Waals surface area contributed by atoms with Crippen LogP contribution in [0.3, 0.4) is 0 Å². The van der Waals surface area contributed by atoms with Gasteiger partial charge in [0.1, 0.15) is 5.82 Å². The maximum atomic E-state index is 4.56. The van der Waals surface area contributed by atoms with Crippen molar-refractivity contribution in [2.75, 3.05) is 11.9 Å². The summed E-state index contributed by atoms with van der Waals surface area (Å²) in [5, 5.41) is 3.24. The average molecular weight is 354 g/mol. The van der Waals surface area contributed by atoms with Crippen LogP contribution in [0.5, 0.6) is 0 Å². The van der Waals surface area contributed by atoms with Gasteiger partial charge in [0, 0.05) is 29.7 Å². The summed E-state index contributed by atoms with van der Waals surface area (Å²) in [6, 6.07) is 4.01. The van der Waals surface area contributed by atoms with Crippen molar-refractivity contribution in [2.45, 2.75) is 20.8 Å². The Kier molecular flexibility index (Phi) is 4.11. The fourth-order valence-corrected chi connectivity index (χ4v) is 2.21. The van der Waals surface area contributed by atoms with Gasteiger partial charge in [-0.15, -0.1) is 0 Å². The second-order valence-corrected chi connectivity index (χ2v) is 5.22. The van der Waals surface area contributed by atoms with E-state index in [0.717, 1.165) is 38.7 Å². The summed E-state index contributed by atoms with van der Waals surface area (Å²) in [5.74, 6) is 1.62. The monoisotopic (exact) mass is 354 g/mol. The second-order valence-electron chi connectivity index (χ2n) is 4.06. The molecule has 0 saturated heterocycles. The minimum Gasteiger partial charge on any atom is -0.369 e. The highest BCUT2D eigenvalue weighted by atomic mass is 127. The van der Waals surface area contributed by atoms with E-state index in [2.05, 4.69) is 49.8 Å². The number of rotatable bonds is 3. The number of hydrogen-bond acceptors (Lipinski definition) is 4. The first-order valence-electron chi connectivity index (χ1n) is 5.82. The molecule has 0 aliphatic heterocycles. The van der Waals surface area contributed by atoms with Crippen molar-refractivity contribution in [1.29, 1.82) is 0 Å². The van der Waals surface area contributed by atoms with Crippen LogP contribution in [0.15, 0.2) is 18.3 Å². The van der Waals surface area contributed by atoms with E-state index in [9.17, 15) is 0 Å². The predicted molar refractivity (Wildman–Crippen MR) is 81.6 cm³/mol. The third-order valence-corrected chi connectivity index (χ3v) is 3.22. The Hall–Kier alpha value is -1.24. The summed E-state index contributed by atoms with van der Waals surface area (Å²) in [5.41, 5.74) is 2.98. The lowest BCUT2D eigenvalue weighted by atomic mass is 10.2. The van der Waals surface area contributed by atoms with Gasteiger partial charge < -0.3 is 5.32 Å². The Morgan fingerprint density at radius 2 is 1.83 bits per heavy atom. The molecule has 18 heavy (non-hydrogen) atoms. The van der Waals surface area contributed by atoms with Gasteiger partial charge >= 0.3 is 0 Å². The SMILES string of the molecule is CCNc1nc(-c2cc(C)nc(C)c2)ncc1I. The largest absolute Gasteiger partial charge is 0.369 e. The summed E-state index contributed by atoms with van der Waals surface area (Å²) < 4.78 is 1.03. The fraction of sp³-hybridized carbons (Fsp3) is 0.308. The van der Waals surface area contributed by atoms with Gasteiger partial charge in [-0.3, -0.25) is 4.98 Å². The van der Waals surface area contributed by atoms with Gasteiger partial charge in [0.15, 0.2) is 5.82 Å². The van der Waals surface area contributed by atoms with E-state index in [-0.39, 0.29) is 0 Å². The predicted octanol–water partition coefficient (Wildman–Crippen LogP) is 3.19. The van der Waals surface area contributed by atoms with Gasteiger partial charge in [0.05, 0.1) is 3.57 Å². The molecule has 2 heterocycles. The van der Waals surface area contributed by atoms with E-state index in [0.29, 0.717) is 0 Å². The van der Waals surface area contributed by atoms with Crippen molar-refractivity contribution < 1.29 is 0 Å². The smallest absolute Gasteiger partial charge is 0.161 e. The number of nitrogens with zero attached hydrogens (tertiary/aromatic N) is 3. The molecular weight excluding hydrogens is 339 g/mol. The minimum atomic E-state index is 0.736. The van der Waals surface area contributed by atoms with Gasteiger partial charge in [-0.1, -0.05) is 0 Å². The van der Waals surface area contributed by atoms with E-state index < -0.39 is 0 Å². The van der Waals surface area contributed by atoms with Gasteiger partial charge in [0.2, 0.25) is 0 Å². The maximum absolute atomic E-state index is 4.56. The number of aryl methyl sites for hydroxylation is 2. The number of aromatic nitrogens is 3. The minimum absolute atomic E-state index is 0.736. The van der Waals surface area contributed by atoms with Crippen molar-refractivity contribution in [1.82, 2.24) is 15.0 Å². The number of anilines is 1. The van der Waals surface area contributed by atoms with E-state index in [1.54, 1.807) is 0 Å². The molecule has 0 bridgehead atoms. The molecule has 0 saturated carbocycles. The zero-order chi connectivity index (χ0) is 13.1. The molecule has 1 N–H and O–H groups in total. The van der Waals surface area contributed by atoms with Crippen molar-refractivity contribution >= 4 is 28.4 Å². The van der Waals surface area contributed by atoms with Crippen LogP contribution in [0.2, 0.25) is 0 Å². The molecule has 2 aromatic rings. The molecule has 0 aromatic carbocycles. The third kappa shape index (κ3) is 2.95. The Labute approximate surface area is 120 Å². The summed E-state index contributed by atoms with van der Waals surface area (Å²) >= 11 is 2.23. The second kappa shape index (κ2) is 5.60. The lowest BCUT2D eigenvalue weighted by Gasteiger charge is -2.08. The van der Waals surface area contributed by atoms with Crippen molar-refractivity contribution in [2.24, 2.45) is 0 Å². The standard InChI is InChI=1S/C13H15IN4/c1-4-15-13-11(14)7-16-12(18-13)10-5-8(2)17-9(3)6-10/h5-7H,4H2,1-3H3,(H,15,16,18). The van der Waals surface area contributed by atoms with Crippen molar-refractivity contribution in [3.05, 3.63) is 33.3 Å². The summed E-state index contributed by atoms with van der Waals surface area (Å²) in [7, 11) is 0. The van der Waals surface area contributed by atoms with Crippen molar-refractivity contribution in [3.8, 4) is 11.4 Å². The summed E-state index contributed by atoms with van der Waals surface area (Å²) in [6.45, 7) is 6.86. The maximum Gasteiger partial charge on any atom is 0.161 e. The van der Waals surface area contributed by atoms with Crippen LogP contribution < -0.4 is 5.32 Å². The topological polar surface area (TPSA) is 50.7 Å². The molecule has 0 atom stereocenters. The molecule has 0 aliphatic rings. The molecule has 4 nitrogen and oxygen atoms in total. The van der Waals surface area contributed by atoms with E-state index in [1.807, 2.05) is 32.2 Å². The summed E-state index contributed by atoms with van der Waals surface area (Å²) in [6.07, 6.45) is 1.84. The first-order chi connectivity index (χ1) is 8.60. The molecule has 0 aliphatic carbocycles. The van der Waals surface area contributed by atoms with Gasteiger partial charge in [-0.05, 0) is 55.5 Å². The van der Waals surface area contributed by atoms with Crippen molar-refractivity contribution in [3.63, 3.8) is 0 Å². The van der Waals surface area contributed by atoms with Crippen LogP contribution in [0.25, 0.3) is 11.4 Å². The molecule has 0 unspecified atom stereocenters. The number of halogens is 1. The fourth-order valence-electron chi connectivity index (χ4n) is 1.76. The van der Waals surface area contributed by atoms with Crippen LogP contribution in [0.1, 0.15) is 18.3 Å². The van der Waals surface area contributed by atoms with E-state index in [1.165, 1.54) is 0 Å². The molecule has 0 spiro atoms. The molecule has 94 valence electrons.